The van der Waals surface area contributed by atoms with Gasteiger partial charge in [0.2, 0.25) is 0 Å². The maximum atomic E-state index is 9.00. The van der Waals surface area contributed by atoms with Crippen molar-refractivity contribution in [3.63, 3.8) is 0 Å². The summed E-state index contributed by atoms with van der Waals surface area (Å²) in [5.74, 6) is 1.26. The first-order chi connectivity index (χ1) is 11.3. The normalized spacial score (nSPS) is 21.3. The zero-order valence-electron chi connectivity index (χ0n) is 13.6. The van der Waals surface area contributed by atoms with Gasteiger partial charge in [-0.2, -0.15) is 5.26 Å². The predicted octanol–water partition coefficient (Wildman–Crippen LogP) is 3.57. The maximum absolute atomic E-state index is 9.00. The number of nitrogens with zero attached hydrogens (tertiary/aromatic N) is 4. The fraction of sp³-hybridized carbons (Fsp3) is 0.556. The standard InChI is InChI=1S/C18H22N4S/c1-21-16-6-3-2-5-15(16)20-18(21)17-7-4-8-22(17)11-14-9-13(10-19)12-23-14/h9,12,17H,2-8,11H2,1H3/t17-/m0/s1. The molecule has 1 saturated heterocycles. The molecule has 1 fully saturated rings. The van der Waals surface area contributed by atoms with E-state index in [2.05, 4.69) is 22.6 Å². The molecule has 0 amide bonds. The summed E-state index contributed by atoms with van der Waals surface area (Å²) in [7, 11) is 2.20. The molecule has 0 spiro atoms. The first-order valence-electron chi connectivity index (χ1n) is 8.52. The van der Waals surface area contributed by atoms with Gasteiger partial charge in [0.15, 0.2) is 0 Å². The molecule has 0 saturated carbocycles. The van der Waals surface area contributed by atoms with Crippen LogP contribution in [-0.2, 0) is 26.4 Å². The van der Waals surface area contributed by atoms with E-state index in [1.165, 1.54) is 54.2 Å². The van der Waals surface area contributed by atoms with Crippen LogP contribution in [0, 0.1) is 11.3 Å². The molecule has 3 heterocycles. The molecule has 23 heavy (non-hydrogen) atoms. The van der Waals surface area contributed by atoms with Crippen molar-refractivity contribution in [2.45, 2.75) is 51.1 Å². The minimum Gasteiger partial charge on any atom is -0.334 e. The van der Waals surface area contributed by atoms with E-state index in [0.717, 1.165) is 25.1 Å². The van der Waals surface area contributed by atoms with E-state index >= 15 is 0 Å². The summed E-state index contributed by atoms with van der Waals surface area (Å²) in [4.78, 5) is 8.84. The number of rotatable bonds is 3. The summed E-state index contributed by atoms with van der Waals surface area (Å²) in [6.45, 7) is 2.07. The van der Waals surface area contributed by atoms with Gasteiger partial charge in [0.25, 0.3) is 0 Å². The minimum atomic E-state index is 0.429. The van der Waals surface area contributed by atoms with Crippen molar-refractivity contribution in [2.24, 2.45) is 7.05 Å². The summed E-state index contributed by atoms with van der Waals surface area (Å²) in [6.07, 6.45) is 7.34. The van der Waals surface area contributed by atoms with Crippen LogP contribution in [0.3, 0.4) is 0 Å². The molecule has 5 heteroatoms. The van der Waals surface area contributed by atoms with Gasteiger partial charge in [-0.05, 0) is 51.1 Å². The second-order valence-electron chi connectivity index (χ2n) is 6.67. The molecular weight excluding hydrogens is 304 g/mol. The number of imidazole rings is 1. The Hall–Kier alpha value is -1.64. The lowest BCUT2D eigenvalue weighted by Crippen LogP contribution is -2.24. The van der Waals surface area contributed by atoms with Crippen molar-refractivity contribution in [1.29, 1.82) is 5.26 Å². The number of likely N-dealkylation sites (tertiary alicyclic amines) is 1. The lowest BCUT2D eigenvalue weighted by Gasteiger charge is -2.23. The smallest absolute Gasteiger partial charge is 0.126 e. The van der Waals surface area contributed by atoms with Gasteiger partial charge in [0, 0.05) is 29.5 Å². The summed E-state index contributed by atoms with van der Waals surface area (Å²) in [6, 6.07) is 4.69. The fourth-order valence-corrected chi connectivity index (χ4v) is 4.87. The monoisotopic (exact) mass is 326 g/mol. The van der Waals surface area contributed by atoms with Gasteiger partial charge in [0.1, 0.15) is 11.9 Å². The minimum absolute atomic E-state index is 0.429. The van der Waals surface area contributed by atoms with Crippen LogP contribution in [0.4, 0.5) is 0 Å². The van der Waals surface area contributed by atoms with E-state index in [1.54, 1.807) is 11.3 Å². The predicted molar refractivity (Wildman–Crippen MR) is 91.3 cm³/mol. The molecule has 2 aromatic heterocycles. The van der Waals surface area contributed by atoms with E-state index < -0.39 is 0 Å². The molecule has 2 aliphatic rings. The number of aryl methyl sites for hydroxylation is 1. The van der Waals surface area contributed by atoms with Crippen LogP contribution in [0.5, 0.6) is 0 Å². The lowest BCUT2D eigenvalue weighted by atomic mass is 10.0. The summed E-state index contributed by atoms with van der Waals surface area (Å²) in [5.41, 5.74) is 3.58. The van der Waals surface area contributed by atoms with Crippen molar-refractivity contribution in [2.75, 3.05) is 6.54 Å². The first kappa shape index (κ1) is 14.9. The second-order valence-corrected chi connectivity index (χ2v) is 7.67. The Morgan fingerprint density at radius 1 is 1.35 bits per heavy atom. The number of aromatic nitrogens is 2. The topological polar surface area (TPSA) is 44.9 Å². The Kier molecular flexibility index (Phi) is 3.96. The number of hydrogen-bond donors (Lipinski definition) is 0. The van der Waals surface area contributed by atoms with Gasteiger partial charge in [-0.1, -0.05) is 0 Å². The van der Waals surface area contributed by atoms with Gasteiger partial charge in [-0.25, -0.2) is 4.98 Å². The Balaban J connectivity index is 1.58. The van der Waals surface area contributed by atoms with E-state index in [-0.39, 0.29) is 0 Å². The van der Waals surface area contributed by atoms with Gasteiger partial charge in [0.05, 0.1) is 17.3 Å². The second kappa shape index (κ2) is 6.10. The van der Waals surface area contributed by atoms with Crippen LogP contribution >= 0.6 is 11.3 Å². The van der Waals surface area contributed by atoms with E-state index in [9.17, 15) is 0 Å². The molecular formula is C18H22N4S. The Morgan fingerprint density at radius 3 is 3.00 bits per heavy atom. The molecule has 0 N–H and O–H groups in total. The molecule has 0 unspecified atom stereocenters. The highest BCUT2D eigenvalue weighted by Crippen LogP contribution is 2.35. The van der Waals surface area contributed by atoms with Crippen molar-refractivity contribution >= 4 is 11.3 Å². The molecule has 120 valence electrons. The van der Waals surface area contributed by atoms with Crippen LogP contribution in [0.15, 0.2) is 11.4 Å². The molecule has 0 bridgehead atoms. The molecule has 0 aromatic carbocycles. The van der Waals surface area contributed by atoms with Crippen molar-refractivity contribution in [3.05, 3.63) is 39.1 Å². The van der Waals surface area contributed by atoms with Crippen LogP contribution in [-0.4, -0.2) is 21.0 Å². The van der Waals surface area contributed by atoms with Crippen LogP contribution in [0.2, 0.25) is 0 Å². The molecule has 0 radical (unpaired) electrons. The molecule has 4 nitrogen and oxygen atoms in total. The SMILES string of the molecule is Cn1c([C@@H]2CCCN2Cc2cc(C#N)cs2)nc2c1CCCC2. The quantitative estimate of drug-likeness (QED) is 0.866. The van der Waals surface area contributed by atoms with Crippen molar-refractivity contribution in [3.8, 4) is 6.07 Å². The van der Waals surface area contributed by atoms with Crippen molar-refractivity contribution < 1.29 is 0 Å². The van der Waals surface area contributed by atoms with Gasteiger partial charge in [-0.15, -0.1) is 11.3 Å². The highest BCUT2D eigenvalue weighted by atomic mass is 32.1. The average molecular weight is 326 g/mol. The molecule has 1 atom stereocenters. The van der Waals surface area contributed by atoms with Crippen molar-refractivity contribution in [1.82, 2.24) is 14.5 Å². The van der Waals surface area contributed by atoms with Gasteiger partial charge >= 0.3 is 0 Å². The van der Waals surface area contributed by atoms with E-state index in [1.807, 2.05) is 11.4 Å². The maximum Gasteiger partial charge on any atom is 0.126 e. The molecule has 1 aliphatic carbocycles. The van der Waals surface area contributed by atoms with Crippen LogP contribution in [0.1, 0.15) is 59.4 Å². The zero-order valence-corrected chi connectivity index (χ0v) is 14.4. The largest absolute Gasteiger partial charge is 0.334 e. The third kappa shape index (κ3) is 2.71. The number of thiophene rings is 1. The third-order valence-corrected chi connectivity index (χ3v) is 6.13. The molecule has 1 aliphatic heterocycles. The Labute approximate surface area is 141 Å². The summed E-state index contributed by atoms with van der Waals surface area (Å²) in [5, 5.41) is 11.0. The zero-order chi connectivity index (χ0) is 15.8. The average Bonchev–Trinajstić information content (AvgIpc) is 3.28. The van der Waals surface area contributed by atoms with E-state index in [4.69, 9.17) is 10.2 Å². The van der Waals surface area contributed by atoms with Gasteiger partial charge < -0.3 is 4.57 Å². The highest BCUT2D eigenvalue weighted by Gasteiger charge is 2.31. The lowest BCUT2D eigenvalue weighted by molar-refractivity contribution is 0.238. The fourth-order valence-electron chi connectivity index (χ4n) is 4.03. The molecule has 2 aromatic rings. The summed E-state index contributed by atoms with van der Waals surface area (Å²) < 4.78 is 2.37. The number of hydrogen-bond acceptors (Lipinski definition) is 4. The molecule has 4 rings (SSSR count). The van der Waals surface area contributed by atoms with Crippen LogP contribution < -0.4 is 0 Å². The Morgan fingerprint density at radius 2 is 2.22 bits per heavy atom. The van der Waals surface area contributed by atoms with E-state index in [0.29, 0.717) is 6.04 Å². The van der Waals surface area contributed by atoms with Gasteiger partial charge in [-0.3, -0.25) is 4.90 Å². The summed E-state index contributed by atoms with van der Waals surface area (Å²) >= 11 is 1.70. The van der Waals surface area contributed by atoms with Crippen LogP contribution in [0.25, 0.3) is 0 Å². The Bertz CT molecular complexity index is 752. The highest BCUT2D eigenvalue weighted by molar-refractivity contribution is 7.10. The first-order valence-corrected chi connectivity index (χ1v) is 9.40. The number of fused-ring (bicyclic) bond motifs is 1. The number of nitriles is 1. The third-order valence-electron chi connectivity index (χ3n) is 5.21.